The van der Waals surface area contributed by atoms with E-state index in [0.717, 1.165) is 21.4 Å². The summed E-state index contributed by atoms with van der Waals surface area (Å²) < 4.78 is 10.9. The Balaban J connectivity index is 1.36. The molecule has 9 heteroatoms. The number of halogens is 1. The Morgan fingerprint density at radius 2 is 1.77 bits per heavy atom. The van der Waals surface area contributed by atoms with Gasteiger partial charge in [0.1, 0.15) is 17.2 Å². The molecule has 162 valence electrons. The number of esters is 1. The van der Waals surface area contributed by atoms with E-state index in [1.807, 2.05) is 48.5 Å². The molecule has 0 fully saturated rings. The normalized spacial score (nSPS) is 10.5. The van der Waals surface area contributed by atoms with Crippen LogP contribution in [0.15, 0.2) is 48.5 Å². The fourth-order valence-electron chi connectivity index (χ4n) is 2.78. The van der Waals surface area contributed by atoms with E-state index in [4.69, 9.17) is 21.1 Å². The molecule has 3 rings (SSSR count). The van der Waals surface area contributed by atoms with E-state index in [1.54, 1.807) is 7.11 Å². The Bertz CT molecular complexity index is 1080. The minimum atomic E-state index is -0.712. The first-order valence-electron chi connectivity index (χ1n) is 9.48. The molecule has 7 nitrogen and oxygen atoms in total. The number of thiophene rings is 1. The molecular formula is C22H21ClN2O5S. The first-order valence-corrected chi connectivity index (χ1v) is 10.7. The Morgan fingerprint density at radius 1 is 1.03 bits per heavy atom. The number of hydrogen-bond acceptors (Lipinski definition) is 6. The van der Waals surface area contributed by atoms with Crippen LogP contribution in [0.3, 0.4) is 0 Å². The van der Waals surface area contributed by atoms with E-state index in [-0.39, 0.29) is 6.54 Å². The van der Waals surface area contributed by atoms with Gasteiger partial charge in [0.15, 0.2) is 6.61 Å². The molecule has 0 saturated carbocycles. The van der Waals surface area contributed by atoms with Crippen molar-refractivity contribution in [2.75, 3.05) is 26.8 Å². The molecule has 0 bridgehead atoms. The quantitative estimate of drug-likeness (QED) is 0.478. The van der Waals surface area contributed by atoms with Crippen LogP contribution in [0.4, 0.5) is 0 Å². The second-order valence-corrected chi connectivity index (χ2v) is 7.96. The summed E-state index contributed by atoms with van der Waals surface area (Å²) in [5, 5.41) is 6.28. The lowest BCUT2D eigenvalue weighted by Gasteiger charge is -2.08. The molecule has 0 atom stereocenters. The van der Waals surface area contributed by atoms with E-state index in [1.165, 1.54) is 11.3 Å². The van der Waals surface area contributed by atoms with Gasteiger partial charge in [-0.2, -0.15) is 0 Å². The molecule has 2 N–H and O–H groups in total. The molecule has 1 heterocycles. The fraction of sp³-hybridized carbons (Fsp3) is 0.227. The summed E-state index contributed by atoms with van der Waals surface area (Å²) in [4.78, 5) is 36.3. The highest BCUT2D eigenvalue weighted by Crippen LogP contribution is 2.34. The lowest BCUT2D eigenvalue weighted by Crippen LogP contribution is -2.34. The zero-order valence-corrected chi connectivity index (χ0v) is 18.3. The van der Waals surface area contributed by atoms with Gasteiger partial charge in [0.2, 0.25) is 0 Å². The molecule has 0 aliphatic rings. The van der Waals surface area contributed by atoms with Crippen LogP contribution in [0, 0.1) is 0 Å². The van der Waals surface area contributed by atoms with Gasteiger partial charge < -0.3 is 20.1 Å². The van der Waals surface area contributed by atoms with Crippen molar-refractivity contribution in [3.8, 4) is 5.75 Å². The summed E-state index contributed by atoms with van der Waals surface area (Å²) in [6, 6.07) is 14.9. The number of nitrogens with one attached hydrogen (secondary N) is 2. The van der Waals surface area contributed by atoms with Crippen LogP contribution in [0.25, 0.3) is 10.1 Å². The topological polar surface area (TPSA) is 93.7 Å². The molecule has 3 aromatic rings. The third-order valence-corrected chi connectivity index (χ3v) is 6.07. The molecule has 0 unspecified atom stereocenters. The zero-order valence-electron chi connectivity index (χ0n) is 16.8. The third kappa shape index (κ3) is 6.19. The summed E-state index contributed by atoms with van der Waals surface area (Å²) in [6.07, 6.45) is 0.635. The maximum atomic E-state index is 12.3. The Kier molecular flexibility index (Phi) is 7.86. The van der Waals surface area contributed by atoms with Gasteiger partial charge in [-0.15, -0.1) is 11.3 Å². The number of benzene rings is 2. The third-order valence-electron chi connectivity index (χ3n) is 4.39. The maximum Gasteiger partial charge on any atom is 0.325 e. The molecule has 1 aromatic heterocycles. The van der Waals surface area contributed by atoms with E-state index in [0.29, 0.717) is 22.9 Å². The molecule has 0 spiro atoms. The highest BCUT2D eigenvalue weighted by atomic mass is 35.5. The van der Waals surface area contributed by atoms with Crippen LogP contribution in [-0.4, -0.2) is 44.6 Å². The fourth-order valence-corrected chi connectivity index (χ4v) is 4.21. The highest BCUT2D eigenvalue weighted by Gasteiger charge is 2.18. The number of fused-ring (bicyclic) bond motifs is 1. The molecular weight excluding hydrogens is 440 g/mol. The summed E-state index contributed by atoms with van der Waals surface area (Å²) in [5.41, 5.74) is 1.04. The van der Waals surface area contributed by atoms with Crippen LogP contribution >= 0.6 is 22.9 Å². The molecule has 2 aromatic carbocycles. The number of amides is 2. The van der Waals surface area contributed by atoms with Crippen LogP contribution in [0.5, 0.6) is 5.75 Å². The van der Waals surface area contributed by atoms with Crippen molar-refractivity contribution in [2.24, 2.45) is 0 Å². The van der Waals surface area contributed by atoms with Crippen LogP contribution < -0.4 is 15.4 Å². The number of hydrogen-bond donors (Lipinski definition) is 2. The Morgan fingerprint density at radius 3 is 2.48 bits per heavy atom. The van der Waals surface area contributed by atoms with Crippen molar-refractivity contribution in [3.63, 3.8) is 0 Å². The average molecular weight is 461 g/mol. The van der Waals surface area contributed by atoms with E-state index < -0.39 is 24.4 Å². The van der Waals surface area contributed by atoms with E-state index >= 15 is 0 Å². The average Bonchev–Trinajstić information content (AvgIpc) is 3.13. The lowest BCUT2D eigenvalue weighted by atomic mass is 10.1. The van der Waals surface area contributed by atoms with E-state index in [2.05, 4.69) is 10.6 Å². The minimum Gasteiger partial charge on any atom is -0.497 e. The van der Waals surface area contributed by atoms with Gasteiger partial charge in [0.05, 0.1) is 12.1 Å². The first-order chi connectivity index (χ1) is 15.0. The van der Waals surface area contributed by atoms with Crippen molar-refractivity contribution in [2.45, 2.75) is 6.42 Å². The molecule has 0 radical (unpaired) electrons. The number of rotatable bonds is 9. The number of methoxy groups -OCH3 is 1. The summed E-state index contributed by atoms with van der Waals surface area (Å²) >= 11 is 7.50. The van der Waals surface area contributed by atoms with Gasteiger partial charge in [-0.25, -0.2) is 0 Å². The molecule has 0 saturated heterocycles. The van der Waals surface area contributed by atoms with Gasteiger partial charge in [0.25, 0.3) is 11.8 Å². The van der Waals surface area contributed by atoms with Gasteiger partial charge >= 0.3 is 5.97 Å². The second-order valence-electron chi connectivity index (χ2n) is 6.53. The molecule has 0 aliphatic carbocycles. The smallest absolute Gasteiger partial charge is 0.325 e. The van der Waals surface area contributed by atoms with Crippen molar-refractivity contribution < 1.29 is 23.9 Å². The Labute approximate surface area is 188 Å². The first kappa shape index (κ1) is 22.6. The summed E-state index contributed by atoms with van der Waals surface area (Å²) in [5.74, 6) is -0.829. The van der Waals surface area contributed by atoms with Gasteiger partial charge in [-0.05, 0) is 30.2 Å². The number of carbonyl (C=O) groups excluding carboxylic acids is 3. The zero-order chi connectivity index (χ0) is 22.2. The van der Waals surface area contributed by atoms with Crippen LogP contribution in [-0.2, 0) is 20.7 Å². The lowest BCUT2D eigenvalue weighted by molar-refractivity contribution is -0.147. The van der Waals surface area contributed by atoms with Gasteiger partial charge in [-0.1, -0.05) is 41.9 Å². The van der Waals surface area contributed by atoms with Gasteiger partial charge in [-0.3, -0.25) is 14.4 Å². The molecule has 2 amide bonds. The predicted molar refractivity (Wildman–Crippen MR) is 120 cm³/mol. The summed E-state index contributed by atoms with van der Waals surface area (Å²) in [6.45, 7) is -0.368. The second kappa shape index (κ2) is 10.8. The highest BCUT2D eigenvalue weighted by molar-refractivity contribution is 7.21. The van der Waals surface area contributed by atoms with Crippen LogP contribution in [0.1, 0.15) is 15.2 Å². The minimum absolute atomic E-state index is 0.326. The van der Waals surface area contributed by atoms with Crippen molar-refractivity contribution in [3.05, 3.63) is 64.0 Å². The molecule has 0 aliphatic heterocycles. The number of ether oxygens (including phenoxy) is 2. The largest absolute Gasteiger partial charge is 0.497 e. The monoisotopic (exact) mass is 460 g/mol. The van der Waals surface area contributed by atoms with Crippen LogP contribution in [0.2, 0.25) is 5.02 Å². The Hall–Kier alpha value is -3.10. The standard InChI is InChI=1S/C22H21ClN2O5S/c1-29-15-8-6-14(7-9-15)10-11-24-18(26)13-30-19(27)12-25-22(28)21-20(23)16-4-2-3-5-17(16)31-21/h2-9H,10-13H2,1H3,(H,24,26)(H,25,28). The van der Waals surface area contributed by atoms with Crippen molar-refractivity contribution >= 4 is 50.8 Å². The summed E-state index contributed by atoms with van der Waals surface area (Å²) in [7, 11) is 1.60. The maximum absolute atomic E-state index is 12.3. The predicted octanol–water partition coefficient (Wildman–Crippen LogP) is 3.20. The van der Waals surface area contributed by atoms with Crippen molar-refractivity contribution in [1.82, 2.24) is 10.6 Å². The number of carbonyl (C=O) groups is 3. The van der Waals surface area contributed by atoms with E-state index in [9.17, 15) is 14.4 Å². The SMILES string of the molecule is COc1ccc(CCNC(=O)COC(=O)CNC(=O)c2sc3ccccc3c2Cl)cc1. The van der Waals surface area contributed by atoms with Crippen molar-refractivity contribution in [1.29, 1.82) is 0 Å². The molecule has 31 heavy (non-hydrogen) atoms. The van der Waals surface area contributed by atoms with Gasteiger partial charge in [0, 0.05) is 16.6 Å².